The van der Waals surface area contributed by atoms with Crippen LogP contribution in [0.2, 0.25) is 0 Å². The van der Waals surface area contributed by atoms with E-state index < -0.39 is 5.60 Å². The summed E-state index contributed by atoms with van der Waals surface area (Å²) in [6.07, 6.45) is 3.27. The smallest absolute Gasteiger partial charge is 0.410 e. The monoisotopic (exact) mass is 300 g/mol. The fraction of sp³-hybridized carbons (Fsp3) is 0.933. The van der Waals surface area contributed by atoms with Crippen molar-refractivity contribution in [3.63, 3.8) is 0 Å². The third kappa shape index (κ3) is 5.17. The number of rotatable bonds is 3. The van der Waals surface area contributed by atoms with Crippen LogP contribution in [0.4, 0.5) is 4.79 Å². The van der Waals surface area contributed by atoms with Gasteiger partial charge >= 0.3 is 6.09 Å². The Labute approximate surface area is 127 Å². The van der Waals surface area contributed by atoms with Crippen LogP contribution in [0.5, 0.6) is 0 Å². The van der Waals surface area contributed by atoms with Gasteiger partial charge in [0, 0.05) is 19.1 Å². The first-order chi connectivity index (χ1) is 9.44. The number of carbonyl (C=O) groups is 1. The topological polar surface area (TPSA) is 41.6 Å². The fourth-order valence-electron chi connectivity index (χ4n) is 2.67. The summed E-state index contributed by atoms with van der Waals surface area (Å²) in [6, 6.07) is 0.569. The van der Waals surface area contributed by atoms with Gasteiger partial charge in [-0.15, -0.1) is 0 Å². The first-order valence-corrected chi connectivity index (χ1v) is 8.88. The molecular weight excluding hydrogens is 272 g/mol. The van der Waals surface area contributed by atoms with Gasteiger partial charge in [0.25, 0.3) is 0 Å². The molecule has 1 unspecified atom stereocenters. The number of nitrogens with zero attached hydrogens (tertiary/aromatic N) is 1. The quantitative estimate of drug-likeness (QED) is 0.870. The first kappa shape index (κ1) is 16.0. The number of likely N-dealkylation sites (tertiary alicyclic amines) is 1. The zero-order valence-corrected chi connectivity index (χ0v) is 13.8. The standard InChI is InChI=1S/C15H28N2O2S/c1-15(2,3)19-14(18)17-7-4-13(5-8-17)16-10-12-6-9-20-11-12/h12-13,16H,4-11H2,1-3H3. The maximum atomic E-state index is 12.0. The SMILES string of the molecule is CC(C)(C)OC(=O)N1CCC(NCC2CCSC2)CC1. The number of hydrogen-bond acceptors (Lipinski definition) is 4. The Morgan fingerprint density at radius 3 is 2.55 bits per heavy atom. The van der Waals surface area contributed by atoms with E-state index in [-0.39, 0.29) is 6.09 Å². The van der Waals surface area contributed by atoms with Crippen molar-refractivity contribution in [3.05, 3.63) is 0 Å². The second kappa shape index (κ2) is 7.03. The number of thioether (sulfide) groups is 1. The van der Waals surface area contributed by atoms with Gasteiger partial charge < -0.3 is 15.0 Å². The minimum absolute atomic E-state index is 0.164. The van der Waals surface area contributed by atoms with Gasteiger partial charge in [0.2, 0.25) is 0 Å². The van der Waals surface area contributed by atoms with Crippen molar-refractivity contribution >= 4 is 17.9 Å². The van der Waals surface area contributed by atoms with Crippen LogP contribution in [0.1, 0.15) is 40.0 Å². The average Bonchev–Trinajstić information content (AvgIpc) is 2.88. The molecule has 4 nitrogen and oxygen atoms in total. The van der Waals surface area contributed by atoms with E-state index in [0.29, 0.717) is 6.04 Å². The normalized spacial score (nSPS) is 24.9. The van der Waals surface area contributed by atoms with E-state index in [1.807, 2.05) is 25.7 Å². The molecule has 116 valence electrons. The van der Waals surface area contributed by atoms with E-state index in [9.17, 15) is 4.79 Å². The Morgan fingerprint density at radius 2 is 2.00 bits per heavy atom. The Kier molecular flexibility index (Phi) is 5.61. The molecule has 2 aliphatic rings. The zero-order valence-electron chi connectivity index (χ0n) is 13.0. The van der Waals surface area contributed by atoms with Crippen molar-refractivity contribution in [2.75, 3.05) is 31.1 Å². The lowest BCUT2D eigenvalue weighted by molar-refractivity contribution is 0.0198. The highest BCUT2D eigenvalue weighted by molar-refractivity contribution is 7.99. The molecule has 20 heavy (non-hydrogen) atoms. The van der Waals surface area contributed by atoms with Crippen LogP contribution < -0.4 is 5.32 Å². The molecule has 2 saturated heterocycles. The van der Waals surface area contributed by atoms with Crippen molar-refractivity contribution in [3.8, 4) is 0 Å². The zero-order chi connectivity index (χ0) is 14.6. The molecule has 0 aromatic carbocycles. The van der Waals surface area contributed by atoms with Gasteiger partial charge in [-0.25, -0.2) is 4.79 Å². The minimum Gasteiger partial charge on any atom is -0.444 e. The van der Waals surface area contributed by atoms with Crippen LogP contribution in [0, 0.1) is 5.92 Å². The number of piperidine rings is 1. The molecule has 5 heteroatoms. The van der Waals surface area contributed by atoms with Gasteiger partial charge in [-0.1, -0.05) is 0 Å². The summed E-state index contributed by atoms with van der Waals surface area (Å²) in [5, 5.41) is 3.68. The Hall–Kier alpha value is -0.420. The van der Waals surface area contributed by atoms with Gasteiger partial charge in [0.05, 0.1) is 0 Å². The van der Waals surface area contributed by atoms with E-state index in [1.165, 1.54) is 17.9 Å². The highest BCUT2D eigenvalue weighted by atomic mass is 32.2. The summed E-state index contributed by atoms with van der Waals surface area (Å²) >= 11 is 2.07. The van der Waals surface area contributed by atoms with E-state index >= 15 is 0 Å². The predicted octanol–water partition coefficient (Wildman–Crippen LogP) is 2.73. The van der Waals surface area contributed by atoms with Crippen LogP contribution >= 0.6 is 11.8 Å². The summed E-state index contributed by atoms with van der Waals surface area (Å²) < 4.78 is 5.42. The summed E-state index contributed by atoms with van der Waals surface area (Å²) in [4.78, 5) is 13.8. The number of carbonyl (C=O) groups excluding carboxylic acids is 1. The molecule has 1 N–H and O–H groups in total. The third-order valence-electron chi connectivity index (χ3n) is 3.87. The van der Waals surface area contributed by atoms with Gasteiger partial charge in [0.15, 0.2) is 0 Å². The van der Waals surface area contributed by atoms with Crippen molar-refractivity contribution < 1.29 is 9.53 Å². The molecular formula is C15H28N2O2S. The molecule has 2 fully saturated rings. The third-order valence-corrected chi connectivity index (χ3v) is 5.10. The summed E-state index contributed by atoms with van der Waals surface area (Å²) in [5.74, 6) is 3.48. The molecule has 0 aliphatic carbocycles. The van der Waals surface area contributed by atoms with Gasteiger partial charge in [-0.05, 0) is 64.0 Å². The molecule has 2 rings (SSSR count). The van der Waals surface area contributed by atoms with Gasteiger partial charge in [-0.2, -0.15) is 11.8 Å². The lowest BCUT2D eigenvalue weighted by Gasteiger charge is -2.34. The molecule has 0 aromatic rings. The van der Waals surface area contributed by atoms with Crippen molar-refractivity contribution in [2.24, 2.45) is 5.92 Å². The number of ether oxygens (including phenoxy) is 1. The lowest BCUT2D eigenvalue weighted by Crippen LogP contribution is -2.47. The highest BCUT2D eigenvalue weighted by Gasteiger charge is 2.27. The molecule has 0 bridgehead atoms. The molecule has 0 spiro atoms. The summed E-state index contributed by atoms with van der Waals surface area (Å²) in [6.45, 7) is 8.51. The number of hydrogen-bond donors (Lipinski definition) is 1. The molecule has 1 atom stereocenters. The fourth-order valence-corrected chi connectivity index (χ4v) is 3.95. The van der Waals surface area contributed by atoms with Gasteiger partial charge in [-0.3, -0.25) is 0 Å². The van der Waals surface area contributed by atoms with Crippen molar-refractivity contribution in [2.45, 2.75) is 51.7 Å². The minimum atomic E-state index is -0.397. The second-order valence-corrected chi connectivity index (χ2v) is 8.03. The first-order valence-electron chi connectivity index (χ1n) is 7.73. The molecule has 0 saturated carbocycles. The maximum Gasteiger partial charge on any atom is 0.410 e. The van der Waals surface area contributed by atoms with E-state index in [2.05, 4.69) is 17.1 Å². The molecule has 2 aliphatic heterocycles. The Balaban J connectivity index is 1.65. The number of nitrogens with one attached hydrogen (secondary N) is 1. The Morgan fingerprint density at radius 1 is 1.30 bits per heavy atom. The molecule has 2 heterocycles. The molecule has 0 aromatic heterocycles. The second-order valence-electron chi connectivity index (χ2n) is 6.88. The highest BCUT2D eigenvalue weighted by Crippen LogP contribution is 2.23. The summed E-state index contributed by atoms with van der Waals surface area (Å²) in [5.41, 5.74) is -0.397. The van der Waals surface area contributed by atoms with Crippen LogP contribution in [0.25, 0.3) is 0 Å². The van der Waals surface area contributed by atoms with E-state index in [0.717, 1.165) is 38.4 Å². The van der Waals surface area contributed by atoms with E-state index in [1.54, 1.807) is 0 Å². The van der Waals surface area contributed by atoms with Crippen molar-refractivity contribution in [1.82, 2.24) is 10.2 Å². The van der Waals surface area contributed by atoms with E-state index in [4.69, 9.17) is 4.74 Å². The number of amides is 1. The van der Waals surface area contributed by atoms with Crippen LogP contribution in [-0.4, -0.2) is 53.8 Å². The summed E-state index contributed by atoms with van der Waals surface area (Å²) in [7, 11) is 0. The largest absolute Gasteiger partial charge is 0.444 e. The van der Waals surface area contributed by atoms with Crippen molar-refractivity contribution in [1.29, 1.82) is 0 Å². The van der Waals surface area contributed by atoms with Crippen LogP contribution in [0.15, 0.2) is 0 Å². The van der Waals surface area contributed by atoms with Crippen LogP contribution in [-0.2, 0) is 4.74 Å². The van der Waals surface area contributed by atoms with Gasteiger partial charge in [0.1, 0.15) is 5.60 Å². The molecule has 1 amide bonds. The Bertz CT molecular complexity index is 316. The predicted molar refractivity (Wildman–Crippen MR) is 84.3 cm³/mol. The average molecular weight is 300 g/mol. The lowest BCUT2D eigenvalue weighted by atomic mass is 10.0. The molecule has 0 radical (unpaired) electrons. The van der Waals surface area contributed by atoms with Crippen LogP contribution in [0.3, 0.4) is 0 Å². The maximum absolute atomic E-state index is 12.0.